The van der Waals surface area contributed by atoms with Gasteiger partial charge in [-0.1, -0.05) is 6.07 Å². The number of esters is 1. The molecule has 1 aromatic heterocycles. The highest BCUT2D eigenvalue weighted by atomic mass is 19.4. The highest BCUT2D eigenvalue weighted by Gasteiger charge is 2.52. The molecule has 0 aliphatic carbocycles. The Labute approximate surface area is 185 Å². The van der Waals surface area contributed by atoms with Crippen LogP contribution in [0.25, 0.3) is 0 Å². The van der Waals surface area contributed by atoms with E-state index in [-0.39, 0.29) is 31.0 Å². The first-order valence-electron chi connectivity index (χ1n) is 10.9. The van der Waals surface area contributed by atoms with Crippen molar-refractivity contribution in [3.8, 4) is 0 Å². The summed E-state index contributed by atoms with van der Waals surface area (Å²) in [6.07, 6.45) is -3.19. The summed E-state index contributed by atoms with van der Waals surface area (Å²) in [6, 6.07) is 2.34. The maximum absolute atomic E-state index is 13.6. The topological polar surface area (TPSA) is 62.7 Å². The number of hydrogen-bond donors (Lipinski definition) is 0. The fraction of sp³-hybridized carbons (Fsp3) is 0.609. The average molecular weight is 451 g/mol. The highest BCUT2D eigenvalue weighted by Crippen LogP contribution is 2.43. The normalized spacial score (nSPS) is 21.7. The number of fused-ring (bicyclic) bond motifs is 1. The number of pyridine rings is 1. The third-order valence-electron chi connectivity index (χ3n) is 6.78. The Hall–Kier alpha value is -2.42. The second-order valence-corrected chi connectivity index (χ2v) is 9.82. The van der Waals surface area contributed by atoms with E-state index in [2.05, 4.69) is 30.7 Å². The number of hydrogen-bond acceptors (Lipinski definition) is 5. The van der Waals surface area contributed by atoms with Crippen LogP contribution in [0.5, 0.6) is 0 Å². The van der Waals surface area contributed by atoms with Gasteiger partial charge in [-0.25, -0.2) is 9.78 Å². The minimum atomic E-state index is -4.50. The molecule has 6 nitrogen and oxygen atoms in total. The number of halogens is 3. The molecular formula is C23H28F3N3O3. The Balaban J connectivity index is 1.56. The van der Waals surface area contributed by atoms with Crippen molar-refractivity contribution in [1.29, 1.82) is 0 Å². The van der Waals surface area contributed by atoms with Crippen molar-refractivity contribution in [2.75, 3.05) is 19.6 Å². The largest absolute Gasteiger partial charge is 0.450 e. The van der Waals surface area contributed by atoms with Gasteiger partial charge in [-0.3, -0.25) is 9.69 Å². The first kappa shape index (κ1) is 22.8. The average Bonchev–Trinajstić information content (AvgIpc) is 2.95. The molecule has 0 unspecified atom stereocenters. The molecular weight excluding hydrogens is 423 g/mol. The van der Waals surface area contributed by atoms with Gasteiger partial charge in [0.15, 0.2) is 0 Å². The summed E-state index contributed by atoms with van der Waals surface area (Å²) in [4.78, 5) is 33.7. The predicted octanol–water partition coefficient (Wildman–Crippen LogP) is 3.49. The van der Waals surface area contributed by atoms with Gasteiger partial charge >= 0.3 is 12.1 Å². The number of alkyl halides is 3. The first-order chi connectivity index (χ1) is 14.8. The number of nitrogens with zero attached hydrogens (tertiary/aromatic N) is 3. The van der Waals surface area contributed by atoms with E-state index < -0.39 is 23.4 Å². The molecule has 0 saturated carbocycles. The van der Waals surface area contributed by atoms with E-state index in [9.17, 15) is 22.8 Å². The van der Waals surface area contributed by atoms with Crippen molar-refractivity contribution in [1.82, 2.24) is 14.8 Å². The van der Waals surface area contributed by atoms with Crippen molar-refractivity contribution in [2.24, 2.45) is 0 Å². The summed E-state index contributed by atoms with van der Waals surface area (Å²) in [5.41, 5.74) is -0.187. The Morgan fingerprint density at radius 1 is 1.12 bits per heavy atom. The maximum Gasteiger partial charge on any atom is 0.433 e. The van der Waals surface area contributed by atoms with E-state index in [0.29, 0.717) is 48.3 Å². The van der Waals surface area contributed by atoms with Gasteiger partial charge in [-0.15, -0.1) is 0 Å². The Morgan fingerprint density at radius 2 is 1.78 bits per heavy atom. The van der Waals surface area contributed by atoms with E-state index in [4.69, 9.17) is 4.74 Å². The van der Waals surface area contributed by atoms with Gasteiger partial charge < -0.3 is 9.64 Å². The van der Waals surface area contributed by atoms with Crippen LogP contribution in [-0.4, -0.2) is 57.4 Å². The molecule has 1 saturated heterocycles. The molecule has 0 N–H and O–H groups in total. The van der Waals surface area contributed by atoms with Crippen molar-refractivity contribution >= 4 is 11.9 Å². The number of rotatable bonds is 1. The molecule has 9 heteroatoms. The number of carbonyl (C=O) groups is 2. The van der Waals surface area contributed by atoms with E-state index in [1.807, 2.05) is 0 Å². The lowest BCUT2D eigenvalue weighted by Gasteiger charge is -2.45. The maximum atomic E-state index is 13.6. The molecule has 3 aliphatic heterocycles. The number of piperidine rings is 1. The lowest BCUT2D eigenvalue weighted by Crippen LogP contribution is -2.54. The van der Waals surface area contributed by atoms with Gasteiger partial charge in [-0.2, -0.15) is 13.2 Å². The number of likely N-dealkylation sites (tertiary alicyclic amines) is 1. The fourth-order valence-corrected chi connectivity index (χ4v) is 4.90. The minimum absolute atomic E-state index is 0.0218. The molecule has 1 fully saturated rings. The molecule has 1 amide bonds. The molecule has 0 radical (unpaired) electrons. The summed E-state index contributed by atoms with van der Waals surface area (Å²) in [5, 5.41) is 0. The van der Waals surface area contributed by atoms with Crippen LogP contribution < -0.4 is 0 Å². The zero-order valence-corrected chi connectivity index (χ0v) is 18.8. The zero-order chi connectivity index (χ0) is 23.5. The first-order valence-corrected chi connectivity index (χ1v) is 10.9. The molecule has 0 aromatic carbocycles. The van der Waals surface area contributed by atoms with E-state index in [0.717, 1.165) is 6.07 Å². The molecule has 0 atom stereocenters. The lowest BCUT2D eigenvalue weighted by molar-refractivity contribution is -0.152. The summed E-state index contributed by atoms with van der Waals surface area (Å²) in [6.45, 7) is 9.81. The monoisotopic (exact) mass is 451 g/mol. The molecule has 4 heterocycles. The van der Waals surface area contributed by atoms with Crippen molar-refractivity contribution in [3.63, 3.8) is 0 Å². The third-order valence-corrected chi connectivity index (χ3v) is 6.78. The Morgan fingerprint density at radius 3 is 2.38 bits per heavy atom. The molecule has 4 rings (SSSR count). The summed E-state index contributed by atoms with van der Waals surface area (Å²) >= 11 is 0. The van der Waals surface area contributed by atoms with Crippen LogP contribution in [-0.2, 0) is 33.5 Å². The van der Waals surface area contributed by atoms with E-state index in [1.54, 1.807) is 11.8 Å². The molecule has 32 heavy (non-hydrogen) atoms. The SMILES string of the molecule is CC1=C(C(=O)N2CCc3nc(C(F)(F)F)ccc3C2)C2(CCN(C(C)(C)C)CC2)OC1=O. The van der Waals surface area contributed by atoms with Gasteiger partial charge in [0.2, 0.25) is 0 Å². The van der Waals surface area contributed by atoms with Crippen LogP contribution in [0.15, 0.2) is 23.3 Å². The molecule has 1 spiro atoms. The Kier molecular flexibility index (Phi) is 5.39. The molecule has 0 bridgehead atoms. The quantitative estimate of drug-likeness (QED) is 0.612. The Bertz CT molecular complexity index is 986. The van der Waals surface area contributed by atoms with Crippen LogP contribution >= 0.6 is 0 Å². The van der Waals surface area contributed by atoms with Gasteiger partial charge in [0.25, 0.3) is 5.91 Å². The van der Waals surface area contributed by atoms with Crippen molar-refractivity contribution in [3.05, 3.63) is 40.2 Å². The van der Waals surface area contributed by atoms with Crippen LogP contribution in [0.4, 0.5) is 13.2 Å². The summed E-state index contributed by atoms with van der Waals surface area (Å²) < 4.78 is 44.7. The highest BCUT2D eigenvalue weighted by molar-refractivity contribution is 6.07. The van der Waals surface area contributed by atoms with Crippen LogP contribution in [0.1, 0.15) is 57.5 Å². The fourth-order valence-electron chi connectivity index (χ4n) is 4.90. The second kappa shape index (κ2) is 7.57. The van der Waals surface area contributed by atoms with E-state index >= 15 is 0 Å². The minimum Gasteiger partial charge on any atom is -0.450 e. The van der Waals surface area contributed by atoms with E-state index in [1.165, 1.54) is 6.07 Å². The summed E-state index contributed by atoms with van der Waals surface area (Å²) in [7, 11) is 0. The van der Waals surface area contributed by atoms with Crippen LogP contribution in [0.3, 0.4) is 0 Å². The van der Waals surface area contributed by atoms with Gasteiger partial charge in [-0.05, 0) is 39.3 Å². The van der Waals surface area contributed by atoms with Crippen LogP contribution in [0.2, 0.25) is 0 Å². The van der Waals surface area contributed by atoms with Crippen molar-refractivity contribution in [2.45, 2.75) is 70.8 Å². The number of carbonyl (C=O) groups excluding carboxylic acids is 2. The molecule has 3 aliphatic rings. The summed E-state index contributed by atoms with van der Waals surface area (Å²) in [5.74, 6) is -0.741. The third kappa shape index (κ3) is 3.91. The standard InChI is InChI=1S/C23H28F3N3O3/c1-14-18(22(32-20(14)31)8-11-29(12-9-22)21(2,3)4)19(30)28-10-7-16-15(13-28)5-6-17(27-16)23(24,25)26/h5-6H,7-13H2,1-4H3. The predicted molar refractivity (Wildman–Crippen MR) is 110 cm³/mol. The van der Waals surface area contributed by atoms with Gasteiger partial charge in [0, 0.05) is 62.2 Å². The van der Waals surface area contributed by atoms with Crippen molar-refractivity contribution < 1.29 is 27.5 Å². The zero-order valence-electron chi connectivity index (χ0n) is 18.8. The second-order valence-electron chi connectivity index (χ2n) is 9.82. The number of aromatic nitrogens is 1. The van der Waals surface area contributed by atoms with Gasteiger partial charge in [0.05, 0.1) is 5.57 Å². The lowest BCUT2D eigenvalue weighted by atomic mass is 9.81. The van der Waals surface area contributed by atoms with Gasteiger partial charge in [0.1, 0.15) is 11.3 Å². The molecule has 174 valence electrons. The number of ether oxygens (including phenoxy) is 1. The molecule has 1 aromatic rings. The number of amides is 1. The smallest absolute Gasteiger partial charge is 0.433 e. The van der Waals surface area contributed by atoms with Crippen LogP contribution in [0, 0.1) is 0 Å².